The highest BCUT2D eigenvalue weighted by Crippen LogP contribution is 2.28. The Bertz CT molecular complexity index is 738. The van der Waals surface area contributed by atoms with Gasteiger partial charge in [0.2, 0.25) is 0 Å². The molecule has 0 aliphatic carbocycles. The molecule has 1 aromatic carbocycles. The number of nitrogens with two attached hydrogens (primary N) is 1. The first-order valence-electron chi connectivity index (χ1n) is 6.62. The predicted octanol–water partition coefficient (Wildman–Crippen LogP) is 2.86. The summed E-state index contributed by atoms with van der Waals surface area (Å²) in [5.74, 6) is 0. The Labute approximate surface area is 129 Å². The molecule has 0 saturated heterocycles. The van der Waals surface area contributed by atoms with Gasteiger partial charge in [0.15, 0.2) is 9.84 Å². The number of nitrogens with one attached hydrogen (secondary N) is 1. The van der Waals surface area contributed by atoms with Gasteiger partial charge in [-0.25, -0.2) is 13.4 Å². The summed E-state index contributed by atoms with van der Waals surface area (Å²) in [4.78, 5) is 5.85. The van der Waals surface area contributed by atoms with Crippen LogP contribution in [0.25, 0.3) is 0 Å². The molecule has 1 heterocycles. The van der Waals surface area contributed by atoms with E-state index in [1.807, 2.05) is 13.1 Å². The van der Waals surface area contributed by atoms with Gasteiger partial charge in [-0.15, -0.1) is 11.3 Å². The minimum atomic E-state index is -3.24. The number of aryl methyl sites for hydroxylation is 1. The Morgan fingerprint density at radius 3 is 2.67 bits per heavy atom. The van der Waals surface area contributed by atoms with E-state index in [1.54, 1.807) is 23.5 Å². The summed E-state index contributed by atoms with van der Waals surface area (Å²) in [6.45, 7) is 4.10. The van der Waals surface area contributed by atoms with Gasteiger partial charge in [0, 0.05) is 17.3 Å². The average Bonchev–Trinajstić information content (AvgIpc) is 2.88. The van der Waals surface area contributed by atoms with Gasteiger partial charge in [-0.05, 0) is 31.5 Å². The molecule has 0 radical (unpaired) electrons. The topological polar surface area (TPSA) is 85.1 Å². The van der Waals surface area contributed by atoms with Crippen molar-refractivity contribution < 1.29 is 8.42 Å². The summed E-state index contributed by atoms with van der Waals surface area (Å²) in [6.07, 6.45) is 4.02. The van der Waals surface area contributed by atoms with Crippen LogP contribution in [0.15, 0.2) is 29.3 Å². The molecule has 0 bridgehead atoms. The number of thiazole rings is 1. The second-order valence-corrected chi connectivity index (χ2v) is 8.07. The number of nitrogen functional groups attached to an aromatic ring is 1. The maximum Gasteiger partial charge on any atom is 0.175 e. The van der Waals surface area contributed by atoms with E-state index < -0.39 is 9.84 Å². The molecule has 2 aromatic rings. The number of anilines is 2. The van der Waals surface area contributed by atoms with Crippen LogP contribution in [-0.2, 0) is 16.3 Å². The number of hydrogen-bond donors (Lipinski definition) is 2. The number of aromatic nitrogens is 1. The molecule has 1 unspecified atom stereocenters. The fraction of sp³-hybridized carbons (Fsp3) is 0.357. The first-order chi connectivity index (χ1) is 9.81. The summed E-state index contributed by atoms with van der Waals surface area (Å²) in [6, 6.07) is 4.74. The molecule has 1 aromatic heterocycles. The molecule has 0 saturated carbocycles. The van der Waals surface area contributed by atoms with Crippen LogP contribution in [0.5, 0.6) is 0 Å². The largest absolute Gasteiger partial charge is 0.397 e. The van der Waals surface area contributed by atoms with Crippen LogP contribution in [0.1, 0.15) is 29.8 Å². The van der Waals surface area contributed by atoms with Crippen molar-refractivity contribution in [1.29, 1.82) is 0 Å². The standard InChI is InChI=1S/C14H19N3O2S2/c1-4-10-8-16-14(20-10)9(2)17-13-6-5-11(7-12(13)15)21(3,18)19/h5-9,17H,4,15H2,1-3H3. The molecule has 0 aliphatic heterocycles. The van der Waals surface area contributed by atoms with Crippen LogP contribution < -0.4 is 11.1 Å². The second kappa shape index (κ2) is 6.03. The first-order valence-corrected chi connectivity index (χ1v) is 9.32. The molecule has 2 rings (SSSR count). The van der Waals surface area contributed by atoms with Crippen molar-refractivity contribution in [2.75, 3.05) is 17.3 Å². The fourth-order valence-electron chi connectivity index (χ4n) is 1.88. The summed E-state index contributed by atoms with van der Waals surface area (Å²) in [7, 11) is -3.24. The molecular weight excluding hydrogens is 306 g/mol. The Balaban J connectivity index is 2.19. The van der Waals surface area contributed by atoms with Crippen LogP contribution in [-0.4, -0.2) is 19.7 Å². The molecule has 0 amide bonds. The first kappa shape index (κ1) is 15.8. The van der Waals surface area contributed by atoms with Crippen molar-refractivity contribution in [3.8, 4) is 0 Å². The third-order valence-electron chi connectivity index (χ3n) is 3.11. The molecule has 21 heavy (non-hydrogen) atoms. The zero-order chi connectivity index (χ0) is 15.6. The lowest BCUT2D eigenvalue weighted by Crippen LogP contribution is -2.09. The zero-order valence-corrected chi connectivity index (χ0v) is 13.9. The van der Waals surface area contributed by atoms with E-state index in [-0.39, 0.29) is 10.9 Å². The normalized spacial score (nSPS) is 13.1. The van der Waals surface area contributed by atoms with Crippen molar-refractivity contribution in [2.24, 2.45) is 0 Å². The van der Waals surface area contributed by atoms with Crippen LogP contribution in [0.3, 0.4) is 0 Å². The lowest BCUT2D eigenvalue weighted by Gasteiger charge is -2.15. The van der Waals surface area contributed by atoms with Gasteiger partial charge >= 0.3 is 0 Å². The lowest BCUT2D eigenvalue weighted by molar-refractivity contribution is 0.602. The highest BCUT2D eigenvalue weighted by atomic mass is 32.2. The van der Waals surface area contributed by atoms with E-state index in [9.17, 15) is 8.42 Å². The van der Waals surface area contributed by atoms with E-state index in [0.29, 0.717) is 11.4 Å². The summed E-state index contributed by atoms with van der Waals surface area (Å²) in [5, 5.41) is 4.26. The fourth-order valence-corrected chi connectivity index (χ4v) is 3.40. The zero-order valence-electron chi connectivity index (χ0n) is 12.3. The Morgan fingerprint density at radius 2 is 2.14 bits per heavy atom. The van der Waals surface area contributed by atoms with Crippen LogP contribution in [0.4, 0.5) is 11.4 Å². The van der Waals surface area contributed by atoms with Gasteiger partial charge < -0.3 is 11.1 Å². The smallest absolute Gasteiger partial charge is 0.175 e. The number of hydrogen-bond acceptors (Lipinski definition) is 6. The number of rotatable bonds is 5. The van der Waals surface area contributed by atoms with Crippen molar-refractivity contribution >= 4 is 32.5 Å². The molecular formula is C14H19N3O2S2. The molecule has 0 spiro atoms. The Hall–Kier alpha value is -1.60. The summed E-state index contributed by atoms with van der Waals surface area (Å²) >= 11 is 1.66. The van der Waals surface area contributed by atoms with E-state index in [1.165, 1.54) is 17.2 Å². The van der Waals surface area contributed by atoms with Gasteiger partial charge in [-0.3, -0.25) is 0 Å². The number of benzene rings is 1. The monoisotopic (exact) mass is 325 g/mol. The van der Waals surface area contributed by atoms with E-state index in [4.69, 9.17) is 5.73 Å². The highest BCUT2D eigenvalue weighted by molar-refractivity contribution is 7.90. The van der Waals surface area contributed by atoms with E-state index in [0.717, 1.165) is 11.4 Å². The maximum absolute atomic E-state index is 11.5. The maximum atomic E-state index is 11.5. The molecule has 7 heteroatoms. The van der Waals surface area contributed by atoms with Crippen molar-refractivity contribution in [3.63, 3.8) is 0 Å². The minimum absolute atomic E-state index is 0.0154. The second-order valence-electron chi connectivity index (χ2n) is 4.91. The van der Waals surface area contributed by atoms with Gasteiger partial charge in [0.25, 0.3) is 0 Å². The van der Waals surface area contributed by atoms with Gasteiger partial charge in [0.05, 0.1) is 22.3 Å². The average molecular weight is 325 g/mol. The molecule has 0 aliphatic rings. The van der Waals surface area contributed by atoms with Crippen LogP contribution in [0.2, 0.25) is 0 Å². The third-order valence-corrected chi connectivity index (χ3v) is 5.55. The molecule has 5 nitrogen and oxygen atoms in total. The highest BCUT2D eigenvalue weighted by Gasteiger charge is 2.13. The van der Waals surface area contributed by atoms with Crippen LogP contribution in [0, 0.1) is 0 Å². The van der Waals surface area contributed by atoms with Crippen molar-refractivity contribution in [1.82, 2.24) is 4.98 Å². The summed E-state index contributed by atoms with van der Waals surface area (Å²) in [5.41, 5.74) is 7.06. The van der Waals surface area contributed by atoms with Gasteiger partial charge in [-0.1, -0.05) is 6.92 Å². The molecule has 3 N–H and O–H groups in total. The SMILES string of the molecule is CCc1cnc(C(C)Nc2ccc(S(C)(=O)=O)cc2N)s1. The quantitative estimate of drug-likeness (QED) is 0.826. The van der Waals surface area contributed by atoms with Gasteiger partial charge in [-0.2, -0.15) is 0 Å². The Kier molecular flexibility index (Phi) is 4.53. The van der Waals surface area contributed by atoms with Crippen LogP contribution >= 0.6 is 11.3 Å². The molecule has 114 valence electrons. The number of sulfone groups is 1. The van der Waals surface area contributed by atoms with Gasteiger partial charge in [0.1, 0.15) is 5.01 Å². The van der Waals surface area contributed by atoms with Crippen molar-refractivity contribution in [2.45, 2.75) is 31.2 Å². The van der Waals surface area contributed by atoms with Crippen molar-refractivity contribution in [3.05, 3.63) is 34.3 Å². The molecule has 1 atom stereocenters. The third kappa shape index (κ3) is 3.74. The number of nitrogens with zero attached hydrogens (tertiary/aromatic N) is 1. The lowest BCUT2D eigenvalue weighted by atomic mass is 10.2. The van der Waals surface area contributed by atoms with E-state index >= 15 is 0 Å². The minimum Gasteiger partial charge on any atom is -0.397 e. The van der Waals surface area contributed by atoms with E-state index in [2.05, 4.69) is 17.2 Å². The predicted molar refractivity (Wildman–Crippen MR) is 87.5 cm³/mol. The molecule has 0 fully saturated rings. The Morgan fingerprint density at radius 1 is 1.43 bits per heavy atom. The summed E-state index contributed by atoms with van der Waals surface area (Å²) < 4.78 is 23.0.